The summed E-state index contributed by atoms with van der Waals surface area (Å²) in [4.78, 5) is 4.30. The Morgan fingerprint density at radius 2 is 1.68 bits per heavy atom. The normalized spacial score (nSPS) is 11.4. The van der Waals surface area contributed by atoms with E-state index in [1.165, 1.54) is 0 Å². The Labute approximate surface area is 163 Å². The molecule has 0 fully saturated rings. The van der Waals surface area contributed by atoms with E-state index in [2.05, 4.69) is 19.9 Å². The summed E-state index contributed by atoms with van der Waals surface area (Å²) in [5.41, 5.74) is 4.63. The number of nitrogens with zero attached hydrogens (tertiary/aromatic N) is 2. The zero-order chi connectivity index (χ0) is 19.4. The summed E-state index contributed by atoms with van der Waals surface area (Å²) in [6, 6.07) is 19.9. The first kappa shape index (κ1) is 18.1. The maximum absolute atomic E-state index is 12.4. The first-order valence-corrected chi connectivity index (χ1v) is 10.2. The second kappa shape index (κ2) is 7.75. The molecule has 2 N–H and O–H groups in total. The van der Waals surface area contributed by atoms with Crippen molar-refractivity contribution < 1.29 is 8.42 Å². The summed E-state index contributed by atoms with van der Waals surface area (Å²) >= 11 is 0. The summed E-state index contributed by atoms with van der Waals surface area (Å²) in [6.07, 6.45) is 5.25. The van der Waals surface area contributed by atoms with Gasteiger partial charge in [-0.2, -0.15) is 5.10 Å². The molecule has 0 aliphatic carbocycles. The van der Waals surface area contributed by atoms with E-state index >= 15 is 0 Å². The number of aromatic nitrogens is 3. The molecular formula is C21H18N4O2S. The van der Waals surface area contributed by atoms with Crippen LogP contribution in [-0.2, 0) is 16.6 Å². The van der Waals surface area contributed by atoms with Crippen molar-refractivity contribution in [3.05, 3.63) is 90.9 Å². The smallest absolute Gasteiger partial charge is 0.240 e. The van der Waals surface area contributed by atoms with Crippen LogP contribution in [0.4, 0.5) is 0 Å². The van der Waals surface area contributed by atoms with Crippen molar-refractivity contribution in [2.75, 3.05) is 0 Å². The van der Waals surface area contributed by atoms with Gasteiger partial charge < -0.3 is 0 Å². The SMILES string of the molecule is O=S(=O)(NCc1cccc(-c2[nH]ncc2-c2ccncc2)c1)c1ccccc1. The number of aromatic amines is 1. The van der Waals surface area contributed by atoms with Crippen LogP contribution in [-0.4, -0.2) is 23.6 Å². The van der Waals surface area contributed by atoms with E-state index in [4.69, 9.17) is 0 Å². The molecule has 4 rings (SSSR count). The van der Waals surface area contributed by atoms with Gasteiger partial charge in [0.05, 0.1) is 16.8 Å². The van der Waals surface area contributed by atoms with Crippen molar-refractivity contribution in [1.82, 2.24) is 19.9 Å². The van der Waals surface area contributed by atoms with E-state index in [-0.39, 0.29) is 11.4 Å². The molecule has 6 nitrogen and oxygen atoms in total. The molecule has 0 atom stereocenters. The lowest BCUT2D eigenvalue weighted by Crippen LogP contribution is -2.23. The third-order valence-electron chi connectivity index (χ3n) is 4.37. The van der Waals surface area contributed by atoms with Gasteiger partial charge in [0.25, 0.3) is 0 Å². The fourth-order valence-electron chi connectivity index (χ4n) is 2.95. The molecule has 0 unspecified atom stereocenters. The number of benzene rings is 2. The second-order valence-corrected chi connectivity index (χ2v) is 8.00. The zero-order valence-corrected chi connectivity index (χ0v) is 15.7. The molecular weight excluding hydrogens is 372 g/mol. The van der Waals surface area contributed by atoms with E-state index < -0.39 is 10.0 Å². The third kappa shape index (κ3) is 3.85. The van der Waals surface area contributed by atoms with Crippen LogP contribution < -0.4 is 4.72 Å². The molecule has 0 spiro atoms. The molecule has 0 saturated carbocycles. The standard InChI is InChI=1S/C21H18N4O2S/c26-28(27,19-7-2-1-3-8-19)24-14-16-5-4-6-18(13-16)21-20(15-23-25-21)17-9-11-22-12-10-17/h1-13,15,24H,14H2,(H,23,25). The highest BCUT2D eigenvalue weighted by atomic mass is 32.2. The Kier molecular flexibility index (Phi) is 5.01. The molecule has 2 aromatic carbocycles. The molecule has 0 bridgehead atoms. The second-order valence-electron chi connectivity index (χ2n) is 6.23. The van der Waals surface area contributed by atoms with Gasteiger partial charge in [-0.05, 0) is 41.5 Å². The Morgan fingerprint density at radius 3 is 2.46 bits per heavy atom. The molecule has 2 heterocycles. The molecule has 0 aliphatic rings. The minimum absolute atomic E-state index is 0.198. The lowest BCUT2D eigenvalue weighted by atomic mass is 10.0. The lowest BCUT2D eigenvalue weighted by Gasteiger charge is -2.09. The average molecular weight is 390 g/mol. The largest absolute Gasteiger partial charge is 0.277 e. The lowest BCUT2D eigenvalue weighted by molar-refractivity contribution is 0.581. The molecule has 28 heavy (non-hydrogen) atoms. The molecule has 0 amide bonds. The van der Waals surface area contributed by atoms with Gasteiger partial charge in [-0.15, -0.1) is 0 Å². The van der Waals surface area contributed by atoms with Crippen molar-refractivity contribution in [2.45, 2.75) is 11.4 Å². The van der Waals surface area contributed by atoms with Crippen molar-refractivity contribution in [1.29, 1.82) is 0 Å². The molecule has 0 radical (unpaired) electrons. The van der Waals surface area contributed by atoms with E-state index in [9.17, 15) is 8.42 Å². The van der Waals surface area contributed by atoms with Crippen LogP contribution in [0.1, 0.15) is 5.56 Å². The maximum Gasteiger partial charge on any atom is 0.240 e. The highest BCUT2D eigenvalue weighted by Crippen LogP contribution is 2.30. The van der Waals surface area contributed by atoms with Crippen molar-refractivity contribution in [3.63, 3.8) is 0 Å². The molecule has 0 aliphatic heterocycles. The molecule has 0 saturated heterocycles. The summed E-state index contributed by atoms with van der Waals surface area (Å²) in [5, 5.41) is 7.21. The third-order valence-corrected chi connectivity index (χ3v) is 5.78. The van der Waals surface area contributed by atoms with Gasteiger partial charge in [-0.3, -0.25) is 10.1 Å². The monoisotopic (exact) mass is 390 g/mol. The number of pyridine rings is 1. The number of rotatable bonds is 6. The molecule has 4 aromatic rings. The van der Waals surface area contributed by atoms with Gasteiger partial charge in [0.15, 0.2) is 0 Å². The number of H-pyrrole nitrogens is 1. The van der Waals surface area contributed by atoms with Crippen LogP contribution in [0.25, 0.3) is 22.4 Å². The van der Waals surface area contributed by atoms with Crippen molar-refractivity contribution in [3.8, 4) is 22.4 Å². The van der Waals surface area contributed by atoms with Crippen LogP contribution in [0.2, 0.25) is 0 Å². The zero-order valence-electron chi connectivity index (χ0n) is 14.9. The highest BCUT2D eigenvalue weighted by molar-refractivity contribution is 7.89. The van der Waals surface area contributed by atoms with Crippen molar-refractivity contribution >= 4 is 10.0 Å². The van der Waals surface area contributed by atoms with Crippen LogP contribution in [0.3, 0.4) is 0 Å². The number of hydrogen-bond acceptors (Lipinski definition) is 4. The average Bonchev–Trinajstić information content (AvgIpc) is 3.24. The fraction of sp³-hybridized carbons (Fsp3) is 0.0476. The maximum atomic E-state index is 12.4. The van der Waals surface area contributed by atoms with Gasteiger partial charge >= 0.3 is 0 Å². The molecule has 7 heteroatoms. The first-order chi connectivity index (χ1) is 13.6. The van der Waals surface area contributed by atoms with Gasteiger partial charge in [0.2, 0.25) is 10.0 Å². The van der Waals surface area contributed by atoms with Crippen LogP contribution >= 0.6 is 0 Å². The molecule has 2 aromatic heterocycles. The summed E-state index contributed by atoms with van der Waals surface area (Å²) in [5.74, 6) is 0. The van der Waals surface area contributed by atoms with Crippen molar-refractivity contribution in [2.24, 2.45) is 0 Å². The fourth-order valence-corrected chi connectivity index (χ4v) is 3.99. The van der Waals surface area contributed by atoms with Crippen LogP contribution in [0.5, 0.6) is 0 Å². The Balaban J connectivity index is 1.58. The Bertz CT molecular complexity index is 1170. The van der Waals surface area contributed by atoms with E-state index in [0.29, 0.717) is 0 Å². The summed E-state index contributed by atoms with van der Waals surface area (Å²) in [7, 11) is -3.55. The van der Waals surface area contributed by atoms with Gasteiger partial charge in [0, 0.05) is 30.1 Å². The van der Waals surface area contributed by atoms with E-state index in [1.54, 1.807) is 48.9 Å². The Hall–Kier alpha value is -3.29. The van der Waals surface area contributed by atoms with Crippen LogP contribution in [0, 0.1) is 0 Å². The van der Waals surface area contributed by atoms with E-state index in [1.807, 2.05) is 36.4 Å². The van der Waals surface area contributed by atoms with Gasteiger partial charge in [-0.1, -0.05) is 36.4 Å². The van der Waals surface area contributed by atoms with Gasteiger partial charge in [0.1, 0.15) is 0 Å². The summed E-state index contributed by atoms with van der Waals surface area (Å²) < 4.78 is 27.5. The van der Waals surface area contributed by atoms with Crippen LogP contribution in [0.15, 0.2) is 90.2 Å². The summed E-state index contributed by atoms with van der Waals surface area (Å²) in [6.45, 7) is 0.198. The number of sulfonamides is 1. The minimum atomic E-state index is -3.55. The Morgan fingerprint density at radius 1 is 0.893 bits per heavy atom. The predicted octanol–water partition coefficient (Wildman–Crippen LogP) is 3.62. The number of nitrogens with one attached hydrogen (secondary N) is 2. The quantitative estimate of drug-likeness (QED) is 0.526. The van der Waals surface area contributed by atoms with E-state index in [0.717, 1.165) is 27.9 Å². The van der Waals surface area contributed by atoms with Gasteiger partial charge in [-0.25, -0.2) is 13.1 Å². The minimum Gasteiger partial charge on any atom is -0.277 e. The predicted molar refractivity (Wildman–Crippen MR) is 108 cm³/mol. The molecule has 140 valence electrons. The highest BCUT2D eigenvalue weighted by Gasteiger charge is 2.14. The number of hydrogen-bond donors (Lipinski definition) is 2. The first-order valence-electron chi connectivity index (χ1n) is 8.71. The topological polar surface area (TPSA) is 87.7 Å².